The van der Waals surface area contributed by atoms with Gasteiger partial charge in [0, 0.05) is 12.2 Å². The monoisotopic (exact) mass is 412 g/mol. The van der Waals surface area contributed by atoms with Crippen LogP contribution in [0.15, 0.2) is 23.7 Å². The Morgan fingerprint density at radius 2 is 1.12 bits per heavy atom. The zero-order valence-electron chi connectivity index (χ0n) is 12.2. The molecule has 0 unspecified atom stereocenters. The van der Waals surface area contributed by atoms with Gasteiger partial charge in [-0.1, -0.05) is 0 Å². The number of aliphatic hydroxyl groups is 2. The lowest BCUT2D eigenvalue weighted by atomic mass is 10.3. The predicted molar refractivity (Wildman–Crippen MR) is 86.1 cm³/mol. The highest BCUT2D eigenvalue weighted by Gasteiger charge is 2.34. The molecule has 0 amide bonds. The zero-order chi connectivity index (χ0) is 19.3. The minimum atomic E-state index is -4.89. The lowest BCUT2D eigenvalue weighted by Crippen LogP contribution is -2.10. The molecule has 4 nitrogen and oxygen atoms in total. The normalized spacial score (nSPS) is 14.5. The highest BCUT2D eigenvalue weighted by atomic mass is 32.1. The van der Waals surface area contributed by atoms with E-state index in [1.165, 1.54) is 12.1 Å². The summed E-state index contributed by atoms with van der Waals surface area (Å²) in [5, 5.41) is 17.8. The Kier molecular flexibility index (Phi) is 4.35. The van der Waals surface area contributed by atoms with Crippen LogP contribution in [0.4, 0.5) is 26.3 Å². The summed E-state index contributed by atoms with van der Waals surface area (Å²) in [7, 11) is 0. The second kappa shape index (κ2) is 6.13. The Balaban J connectivity index is 2.01. The fraction of sp³-hybridized carbons (Fsp3) is 0.143. The van der Waals surface area contributed by atoms with Gasteiger partial charge >= 0.3 is 12.4 Å². The quantitative estimate of drug-likeness (QED) is 0.411. The number of hydrogen-bond donors (Lipinski definition) is 2. The number of nitrogens with zero attached hydrogens (tertiary/aromatic N) is 2. The van der Waals surface area contributed by atoms with E-state index in [0.717, 1.165) is 22.7 Å². The fourth-order valence-corrected chi connectivity index (χ4v) is 3.75. The van der Waals surface area contributed by atoms with Gasteiger partial charge in [-0.05, 0) is 12.1 Å². The zero-order valence-corrected chi connectivity index (χ0v) is 13.8. The highest BCUT2D eigenvalue weighted by molar-refractivity contribution is 7.20. The van der Waals surface area contributed by atoms with E-state index in [2.05, 4.69) is 9.97 Å². The number of allylic oxidation sites excluding steroid dienone is 2. The van der Waals surface area contributed by atoms with Crippen LogP contribution in [0.25, 0.3) is 32.6 Å². The number of rotatable bonds is 2. The summed E-state index contributed by atoms with van der Waals surface area (Å²) in [5.41, 5.74) is 0.617. The maximum absolute atomic E-state index is 12.3. The third kappa shape index (κ3) is 3.75. The van der Waals surface area contributed by atoms with Crippen LogP contribution in [0.1, 0.15) is 10.0 Å². The summed E-state index contributed by atoms with van der Waals surface area (Å²) in [4.78, 5) is 7.88. The van der Waals surface area contributed by atoms with Crippen molar-refractivity contribution >= 4 is 55.3 Å². The average molecular weight is 412 g/mol. The summed E-state index contributed by atoms with van der Waals surface area (Å²) in [6.07, 6.45) is -8.80. The molecule has 0 saturated heterocycles. The van der Waals surface area contributed by atoms with Crippen molar-refractivity contribution in [2.45, 2.75) is 12.4 Å². The standard InChI is InChI=1S/C14H6F6N2O2S2/c15-13(16,17)9(23)3-11-21-5-1-7-6(2-8(5)26-11)22-12(25-7)4-10(24)14(18,19)20/h1-4,23-24H/b9-3-,10-4-. The van der Waals surface area contributed by atoms with Gasteiger partial charge < -0.3 is 10.2 Å². The second-order valence-corrected chi connectivity index (χ2v) is 7.07. The molecule has 0 saturated carbocycles. The number of alkyl halides is 6. The molecule has 0 atom stereocenters. The van der Waals surface area contributed by atoms with Crippen LogP contribution in [0, 0.1) is 0 Å². The van der Waals surface area contributed by atoms with Gasteiger partial charge in [0.1, 0.15) is 10.0 Å². The van der Waals surface area contributed by atoms with Crippen molar-refractivity contribution in [3.63, 3.8) is 0 Å². The summed E-state index contributed by atoms with van der Waals surface area (Å²) < 4.78 is 75.0. The molecule has 2 heterocycles. The Morgan fingerprint density at radius 1 is 0.769 bits per heavy atom. The van der Waals surface area contributed by atoms with E-state index in [9.17, 15) is 26.3 Å². The Hall–Kier alpha value is -2.34. The molecular formula is C14H6F6N2O2S2. The molecule has 2 aromatic heterocycles. The van der Waals surface area contributed by atoms with Gasteiger partial charge in [0.05, 0.1) is 20.4 Å². The van der Waals surface area contributed by atoms with Gasteiger partial charge in [0.15, 0.2) is 0 Å². The molecule has 0 bridgehead atoms. The maximum Gasteiger partial charge on any atom is 0.448 e. The van der Waals surface area contributed by atoms with Crippen LogP contribution in [0.3, 0.4) is 0 Å². The number of fused-ring (bicyclic) bond motifs is 2. The Bertz CT molecular complexity index is 915. The molecule has 12 heteroatoms. The van der Waals surface area contributed by atoms with Gasteiger partial charge in [-0.3, -0.25) is 0 Å². The number of hydrogen-bond acceptors (Lipinski definition) is 6. The first-order valence-corrected chi connectivity index (χ1v) is 8.23. The molecule has 0 aliphatic carbocycles. The van der Waals surface area contributed by atoms with Gasteiger partial charge in [0.25, 0.3) is 0 Å². The third-order valence-corrected chi connectivity index (χ3v) is 4.96. The fourth-order valence-electron chi connectivity index (χ4n) is 1.91. The molecule has 0 spiro atoms. The summed E-state index contributed by atoms with van der Waals surface area (Å²) >= 11 is 1.71. The minimum absolute atomic E-state index is 0.0812. The molecule has 0 aliphatic heterocycles. The van der Waals surface area contributed by atoms with Crippen LogP contribution < -0.4 is 0 Å². The Labute approximate surface area is 148 Å². The second-order valence-electron chi connectivity index (χ2n) is 4.95. The van der Waals surface area contributed by atoms with E-state index in [4.69, 9.17) is 10.2 Å². The van der Waals surface area contributed by atoms with Crippen LogP contribution in [0.2, 0.25) is 0 Å². The molecule has 26 heavy (non-hydrogen) atoms. The average Bonchev–Trinajstić information content (AvgIpc) is 3.03. The first-order chi connectivity index (χ1) is 11.9. The third-order valence-electron chi connectivity index (χ3n) is 3.03. The molecule has 0 fully saturated rings. The molecule has 3 rings (SSSR count). The minimum Gasteiger partial charge on any atom is -0.504 e. The van der Waals surface area contributed by atoms with Gasteiger partial charge in [-0.25, -0.2) is 9.97 Å². The topological polar surface area (TPSA) is 66.2 Å². The number of benzene rings is 1. The van der Waals surface area contributed by atoms with Gasteiger partial charge in [-0.2, -0.15) is 26.3 Å². The maximum atomic E-state index is 12.3. The van der Waals surface area contributed by atoms with Crippen molar-refractivity contribution < 1.29 is 36.6 Å². The van der Waals surface area contributed by atoms with Crippen molar-refractivity contribution in [3.8, 4) is 0 Å². The van der Waals surface area contributed by atoms with E-state index in [-0.39, 0.29) is 10.0 Å². The van der Waals surface area contributed by atoms with Crippen LogP contribution in [-0.4, -0.2) is 32.5 Å². The number of thiazole rings is 2. The number of aromatic nitrogens is 2. The SMILES string of the molecule is O/C(=C\c1nc2cc3sc(/C=C(\O)C(F)(F)F)nc3cc2s1)C(F)(F)F. The first-order valence-electron chi connectivity index (χ1n) is 6.60. The highest BCUT2D eigenvalue weighted by Crippen LogP contribution is 2.34. The summed E-state index contributed by atoms with van der Waals surface area (Å²) in [5.74, 6) is -3.57. The molecule has 3 aromatic rings. The van der Waals surface area contributed by atoms with Crippen molar-refractivity contribution in [3.05, 3.63) is 33.7 Å². The summed E-state index contributed by atoms with van der Waals surface area (Å²) in [6.45, 7) is 0. The van der Waals surface area contributed by atoms with Gasteiger partial charge in [-0.15, -0.1) is 22.7 Å². The van der Waals surface area contributed by atoms with Crippen molar-refractivity contribution in [2.24, 2.45) is 0 Å². The smallest absolute Gasteiger partial charge is 0.448 e. The van der Waals surface area contributed by atoms with Crippen molar-refractivity contribution in [1.82, 2.24) is 9.97 Å². The molecular weight excluding hydrogens is 406 g/mol. The Morgan fingerprint density at radius 3 is 1.42 bits per heavy atom. The predicted octanol–water partition coefficient (Wildman–Crippen LogP) is 5.83. The van der Waals surface area contributed by atoms with Crippen LogP contribution >= 0.6 is 22.7 Å². The van der Waals surface area contributed by atoms with Crippen LogP contribution in [0.5, 0.6) is 0 Å². The number of aliphatic hydroxyl groups excluding tert-OH is 2. The molecule has 0 aliphatic rings. The first kappa shape index (κ1) is 18.5. The van der Waals surface area contributed by atoms with Crippen molar-refractivity contribution in [1.29, 1.82) is 0 Å². The lowest BCUT2D eigenvalue weighted by molar-refractivity contribution is -0.119. The molecule has 1 aromatic carbocycles. The van der Waals surface area contributed by atoms with E-state index in [1.807, 2.05) is 0 Å². The van der Waals surface area contributed by atoms with Gasteiger partial charge in [0.2, 0.25) is 11.5 Å². The number of halogens is 6. The molecule has 138 valence electrons. The van der Waals surface area contributed by atoms with Crippen LogP contribution in [-0.2, 0) is 0 Å². The summed E-state index contributed by atoms with van der Waals surface area (Å²) in [6, 6.07) is 2.92. The largest absolute Gasteiger partial charge is 0.504 e. The molecule has 0 radical (unpaired) electrons. The van der Waals surface area contributed by atoms with E-state index in [0.29, 0.717) is 32.6 Å². The molecule has 2 N–H and O–H groups in total. The lowest BCUT2D eigenvalue weighted by Gasteiger charge is -2.02. The van der Waals surface area contributed by atoms with E-state index < -0.39 is 23.9 Å². The van der Waals surface area contributed by atoms with E-state index >= 15 is 0 Å². The van der Waals surface area contributed by atoms with E-state index in [1.54, 1.807) is 0 Å². The van der Waals surface area contributed by atoms with Crippen molar-refractivity contribution in [2.75, 3.05) is 0 Å².